The van der Waals surface area contributed by atoms with Gasteiger partial charge < -0.3 is 14.8 Å². The fourth-order valence-corrected chi connectivity index (χ4v) is 2.62. The van der Waals surface area contributed by atoms with E-state index < -0.39 is 18.5 Å². The van der Waals surface area contributed by atoms with E-state index in [0.717, 1.165) is 11.1 Å². The third-order valence-electron chi connectivity index (χ3n) is 3.11. The summed E-state index contributed by atoms with van der Waals surface area (Å²) in [4.78, 5) is 23.5. The van der Waals surface area contributed by atoms with Gasteiger partial charge >= 0.3 is 5.97 Å². The van der Waals surface area contributed by atoms with Crippen molar-refractivity contribution in [2.45, 2.75) is 13.8 Å². The van der Waals surface area contributed by atoms with Crippen molar-refractivity contribution in [2.75, 3.05) is 18.5 Å². The summed E-state index contributed by atoms with van der Waals surface area (Å²) in [5, 5.41) is 3.42. The lowest BCUT2D eigenvalue weighted by Gasteiger charge is -2.10. The van der Waals surface area contributed by atoms with Gasteiger partial charge in [-0.05, 0) is 55.3 Å². The maximum atomic E-state index is 11.8. The summed E-state index contributed by atoms with van der Waals surface area (Å²) >= 11 is 11.7. The summed E-state index contributed by atoms with van der Waals surface area (Å²) in [6.07, 6.45) is 0. The number of hydrogen-bond acceptors (Lipinski definition) is 4. The first-order valence-electron chi connectivity index (χ1n) is 7.45. The highest BCUT2D eigenvalue weighted by molar-refractivity contribution is 6.35. The molecule has 0 aliphatic carbocycles. The Morgan fingerprint density at radius 3 is 2.32 bits per heavy atom. The third-order valence-corrected chi connectivity index (χ3v) is 3.64. The molecule has 2 rings (SSSR count). The van der Waals surface area contributed by atoms with Gasteiger partial charge in [0, 0.05) is 10.7 Å². The first-order chi connectivity index (χ1) is 11.8. The zero-order chi connectivity index (χ0) is 18.4. The normalized spacial score (nSPS) is 10.2. The van der Waals surface area contributed by atoms with Crippen molar-refractivity contribution in [2.24, 2.45) is 0 Å². The van der Waals surface area contributed by atoms with Crippen LogP contribution in [-0.2, 0) is 14.3 Å². The molecule has 0 bridgehead atoms. The molecule has 0 unspecified atom stereocenters. The van der Waals surface area contributed by atoms with Gasteiger partial charge in [-0.2, -0.15) is 0 Å². The number of carbonyl (C=O) groups excluding carboxylic acids is 2. The van der Waals surface area contributed by atoms with Crippen molar-refractivity contribution in [1.29, 1.82) is 0 Å². The average Bonchev–Trinajstić information content (AvgIpc) is 2.51. The second-order valence-electron chi connectivity index (χ2n) is 5.45. The Morgan fingerprint density at radius 1 is 1.00 bits per heavy atom. The molecule has 0 saturated carbocycles. The predicted molar refractivity (Wildman–Crippen MR) is 97.5 cm³/mol. The van der Waals surface area contributed by atoms with Gasteiger partial charge in [0.25, 0.3) is 5.91 Å². The van der Waals surface area contributed by atoms with Gasteiger partial charge in [-0.1, -0.05) is 29.3 Å². The van der Waals surface area contributed by atoms with E-state index >= 15 is 0 Å². The van der Waals surface area contributed by atoms with Gasteiger partial charge in [-0.25, -0.2) is 4.79 Å². The molecule has 0 aromatic heterocycles. The molecule has 132 valence electrons. The zero-order valence-electron chi connectivity index (χ0n) is 13.8. The van der Waals surface area contributed by atoms with E-state index in [4.69, 9.17) is 32.7 Å². The maximum absolute atomic E-state index is 11.8. The van der Waals surface area contributed by atoms with Gasteiger partial charge in [0.1, 0.15) is 5.75 Å². The molecule has 0 spiro atoms. The van der Waals surface area contributed by atoms with Gasteiger partial charge in [0.05, 0.1) is 5.02 Å². The third kappa shape index (κ3) is 6.29. The number of amides is 1. The number of ether oxygens (including phenoxy) is 2. The molecule has 25 heavy (non-hydrogen) atoms. The average molecular weight is 382 g/mol. The summed E-state index contributed by atoms with van der Waals surface area (Å²) < 4.78 is 10.1. The maximum Gasteiger partial charge on any atom is 0.344 e. The zero-order valence-corrected chi connectivity index (χ0v) is 15.3. The number of esters is 1. The lowest BCUT2D eigenvalue weighted by Crippen LogP contribution is -2.23. The minimum atomic E-state index is -0.679. The number of carbonyl (C=O) groups is 2. The van der Waals surface area contributed by atoms with Gasteiger partial charge in [0.2, 0.25) is 0 Å². The van der Waals surface area contributed by atoms with E-state index in [1.54, 1.807) is 12.1 Å². The van der Waals surface area contributed by atoms with Crippen molar-refractivity contribution >= 4 is 40.8 Å². The van der Waals surface area contributed by atoms with Gasteiger partial charge in [-0.3, -0.25) is 4.79 Å². The minimum absolute atomic E-state index is 0.285. The lowest BCUT2D eigenvalue weighted by molar-refractivity contribution is -0.149. The Hall–Kier alpha value is -2.24. The number of anilines is 1. The molecule has 1 N–H and O–H groups in total. The molecule has 0 heterocycles. The highest BCUT2D eigenvalue weighted by Gasteiger charge is 2.10. The van der Waals surface area contributed by atoms with E-state index in [0.29, 0.717) is 16.5 Å². The summed E-state index contributed by atoms with van der Waals surface area (Å²) in [6.45, 7) is 3.10. The molecule has 5 nitrogen and oxygen atoms in total. The van der Waals surface area contributed by atoms with E-state index in [1.165, 1.54) is 6.07 Å². The van der Waals surface area contributed by atoms with Crippen LogP contribution in [0, 0.1) is 13.8 Å². The van der Waals surface area contributed by atoms with E-state index in [2.05, 4.69) is 5.32 Å². The predicted octanol–water partition coefficient (Wildman–Crippen LogP) is 4.17. The van der Waals surface area contributed by atoms with Crippen molar-refractivity contribution in [3.8, 4) is 5.75 Å². The van der Waals surface area contributed by atoms with Crippen LogP contribution in [0.4, 0.5) is 5.69 Å². The molecule has 7 heteroatoms. The van der Waals surface area contributed by atoms with Crippen LogP contribution in [0.15, 0.2) is 36.4 Å². The topological polar surface area (TPSA) is 64.6 Å². The van der Waals surface area contributed by atoms with E-state index in [9.17, 15) is 9.59 Å². The second-order valence-corrected chi connectivity index (χ2v) is 6.29. The monoisotopic (exact) mass is 381 g/mol. The van der Waals surface area contributed by atoms with Crippen LogP contribution in [0.5, 0.6) is 5.75 Å². The second kappa shape index (κ2) is 8.74. The summed E-state index contributed by atoms with van der Waals surface area (Å²) in [7, 11) is 0. The lowest BCUT2D eigenvalue weighted by atomic mass is 10.1. The van der Waals surface area contributed by atoms with Gasteiger partial charge in [0.15, 0.2) is 13.2 Å². The Morgan fingerprint density at radius 2 is 1.68 bits per heavy atom. The minimum Gasteiger partial charge on any atom is -0.480 e. The Balaban J connectivity index is 1.78. The smallest absolute Gasteiger partial charge is 0.344 e. The quantitative estimate of drug-likeness (QED) is 0.762. The number of aryl methyl sites for hydroxylation is 2. The number of halogens is 2. The van der Waals surface area contributed by atoms with Crippen LogP contribution in [0.1, 0.15) is 11.1 Å². The SMILES string of the molecule is Cc1cc(C)cc(NC(=O)COC(=O)COc2ccc(Cl)cc2Cl)c1. The van der Waals surface area contributed by atoms with Crippen molar-refractivity contribution in [1.82, 2.24) is 0 Å². The summed E-state index contributed by atoms with van der Waals surface area (Å²) in [5.41, 5.74) is 2.71. The Bertz CT molecular complexity index is 772. The standard InChI is InChI=1S/C18H17Cl2NO4/c1-11-5-12(2)7-14(6-11)21-17(22)9-25-18(23)10-24-16-4-3-13(19)8-15(16)20/h3-8H,9-10H2,1-2H3,(H,21,22). The van der Waals surface area contributed by atoms with Crippen molar-refractivity contribution < 1.29 is 19.1 Å². The molecule has 0 fully saturated rings. The molecule has 2 aromatic rings. The number of rotatable bonds is 6. The molecule has 0 atom stereocenters. The van der Waals surface area contributed by atoms with Crippen LogP contribution in [0.3, 0.4) is 0 Å². The fraction of sp³-hybridized carbons (Fsp3) is 0.222. The first kappa shape index (κ1) is 19.1. The van der Waals surface area contributed by atoms with Gasteiger partial charge in [-0.15, -0.1) is 0 Å². The molecule has 0 saturated heterocycles. The molecular weight excluding hydrogens is 365 g/mol. The molecule has 2 aromatic carbocycles. The number of nitrogens with one attached hydrogen (secondary N) is 1. The Kier molecular flexibility index (Phi) is 6.67. The van der Waals surface area contributed by atoms with Crippen LogP contribution >= 0.6 is 23.2 Å². The van der Waals surface area contributed by atoms with E-state index in [1.807, 2.05) is 32.0 Å². The molecule has 0 aliphatic heterocycles. The van der Waals surface area contributed by atoms with Crippen molar-refractivity contribution in [3.05, 3.63) is 57.6 Å². The Labute approximate surface area is 155 Å². The molecule has 0 radical (unpaired) electrons. The van der Waals surface area contributed by atoms with Crippen LogP contribution in [0.25, 0.3) is 0 Å². The van der Waals surface area contributed by atoms with Crippen LogP contribution in [0.2, 0.25) is 10.0 Å². The largest absolute Gasteiger partial charge is 0.480 e. The van der Waals surface area contributed by atoms with Crippen molar-refractivity contribution in [3.63, 3.8) is 0 Å². The van der Waals surface area contributed by atoms with E-state index in [-0.39, 0.29) is 11.6 Å². The molecule has 1 amide bonds. The molecular formula is C18H17Cl2NO4. The summed E-state index contributed by atoms with van der Waals surface area (Å²) in [5.74, 6) is -0.799. The fourth-order valence-electron chi connectivity index (χ4n) is 2.16. The first-order valence-corrected chi connectivity index (χ1v) is 8.20. The van der Waals surface area contributed by atoms with Crippen LogP contribution < -0.4 is 10.1 Å². The molecule has 0 aliphatic rings. The van der Waals surface area contributed by atoms with Crippen LogP contribution in [-0.4, -0.2) is 25.1 Å². The number of hydrogen-bond donors (Lipinski definition) is 1. The summed E-state index contributed by atoms with van der Waals surface area (Å²) in [6, 6.07) is 10.3. The highest BCUT2D eigenvalue weighted by Crippen LogP contribution is 2.27. The highest BCUT2D eigenvalue weighted by atomic mass is 35.5. The number of benzene rings is 2.